The summed E-state index contributed by atoms with van der Waals surface area (Å²) in [6.07, 6.45) is 17.8. The zero-order valence-electron chi connectivity index (χ0n) is 21.1. The van der Waals surface area contributed by atoms with Crippen LogP contribution in [0.3, 0.4) is 0 Å². The van der Waals surface area contributed by atoms with Crippen molar-refractivity contribution in [1.29, 1.82) is 0 Å². The molecule has 0 spiro atoms. The fourth-order valence-corrected chi connectivity index (χ4v) is 9.04. The normalized spacial score (nSPS) is 45.1. The first kappa shape index (κ1) is 23.8. The van der Waals surface area contributed by atoms with E-state index in [9.17, 15) is 10.2 Å². The molecule has 3 saturated carbocycles. The summed E-state index contributed by atoms with van der Waals surface area (Å²) >= 11 is 0. The van der Waals surface area contributed by atoms with Gasteiger partial charge in [0.25, 0.3) is 0 Å². The van der Waals surface area contributed by atoms with Crippen LogP contribution in [-0.4, -0.2) is 21.9 Å². The second-order valence-corrected chi connectivity index (χ2v) is 13.0. The molecule has 0 aromatic heterocycles. The predicted molar refractivity (Wildman–Crippen MR) is 130 cm³/mol. The van der Waals surface area contributed by atoms with Crippen LogP contribution in [0.2, 0.25) is 0 Å². The van der Waals surface area contributed by atoms with E-state index in [0.717, 1.165) is 61.7 Å². The van der Waals surface area contributed by atoms with Gasteiger partial charge in [0.05, 0.1) is 11.7 Å². The van der Waals surface area contributed by atoms with E-state index in [-0.39, 0.29) is 6.10 Å². The van der Waals surface area contributed by atoms with Crippen molar-refractivity contribution in [3.63, 3.8) is 0 Å². The molecule has 0 amide bonds. The summed E-state index contributed by atoms with van der Waals surface area (Å²) in [5.41, 5.74) is 1.95. The van der Waals surface area contributed by atoms with Crippen molar-refractivity contribution in [3.8, 4) is 0 Å². The van der Waals surface area contributed by atoms with Gasteiger partial charge in [-0.25, -0.2) is 0 Å². The van der Waals surface area contributed by atoms with Crippen molar-refractivity contribution in [2.24, 2.45) is 40.4 Å². The lowest BCUT2D eigenvalue weighted by molar-refractivity contribution is -0.0589. The molecule has 3 unspecified atom stereocenters. The molecule has 0 aromatic carbocycles. The molecule has 2 heteroatoms. The van der Waals surface area contributed by atoms with E-state index in [2.05, 4.69) is 40.7 Å². The molecule has 9 atom stereocenters. The van der Waals surface area contributed by atoms with Crippen LogP contribution in [0.1, 0.15) is 118 Å². The summed E-state index contributed by atoms with van der Waals surface area (Å²) in [7, 11) is 0. The largest absolute Gasteiger partial charge is 0.393 e. The van der Waals surface area contributed by atoms with Gasteiger partial charge in [0.1, 0.15) is 0 Å². The Morgan fingerprint density at radius 1 is 1.10 bits per heavy atom. The van der Waals surface area contributed by atoms with Crippen LogP contribution in [-0.2, 0) is 0 Å². The van der Waals surface area contributed by atoms with Gasteiger partial charge in [-0.3, -0.25) is 0 Å². The van der Waals surface area contributed by atoms with Gasteiger partial charge < -0.3 is 10.2 Å². The van der Waals surface area contributed by atoms with Gasteiger partial charge in [-0.1, -0.05) is 52.2 Å². The Balaban J connectivity index is 1.45. The first-order chi connectivity index (χ1) is 14.6. The van der Waals surface area contributed by atoms with Gasteiger partial charge in [0, 0.05) is 0 Å². The maximum absolute atomic E-state index is 10.8. The summed E-state index contributed by atoms with van der Waals surface area (Å²) in [4.78, 5) is 0. The van der Waals surface area contributed by atoms with Crippen molar-refractivity contribution in [1.82, 2.24) is 0 Å². The highest BCUT2D eigenvalue weighted by Crippen LogP contribution is 2.67. The molecule has 31 heavy (non-hydrogen) atoms. The summed E-state index contributed by atoms with van der Waals surface area (Å²) in [6, 6.07) is 0. The molecule has 0 bridgehead atoms. The highest BCUT2D eigenvalue weighted by molar-refractivity contribution is 5.25. The number of fused-ring (bicyclic) bond motifs is 5. The fraction of sp³-hybridized carbons (Fsp3) is 0.931. The van der Waals surface area contributed by atoms with Gasteiger partial charge in [-0.05, 0) is 118 Å². The van der Waals surface area contributed by atoms with E-state index >= 15 is 0 Å². The van der Waals surface area contributed by atoms with E-state index < -0.39 is 5.60 Å². The lowest BCUT2D eigenvalue weighted by Gasteiger charge is -2.58. The van der Waals surface area contributed by atoms with Gasteiger partial charge in [-0.2, -0.15) is 0 Å². The van der Waals surface area contributed by atoms with Gasteiger partial charge in [0.15, 0.2) is 0 Å². The average Bonchev–Trinajstić information content (AvgIpc) is 3.08. The molecule has 2 nitrogen and oxygen atoms in total. The second kappa shape index (κ2) is 8.79. The van der Waals surface area contributed by atoms with Crippen LogP contribution in [0.5, 0.6) is 0 Å². The minimum Gasteiger partial charge on any atom is -0.393 e. The number of aliphatic hydroxyl groups is 2. The SMILES string of the molecule is CCCCC(C)(O)CC[C@@H](C)[C@H]1CCC2[C@@H]3CC=C4C[C@@H](O)CC[C@]4(C)C3CC[C@@]21C. The molecule has 4 rings (SSSR count). The maximum Gasteiger partial charge on any atom is 0.0619 e. The van der Waals surface area contributed by atoms with Crippen LogP contribution in [0.15, 0.2) is 11.6 Å². The molecule has 0 aliphatic heterocycles. The van der Waals surface area contributed by atoms with Gasteiger partial charge >= 0.3 is 0 Å². The van der Waals surface area contributed by atoms with Crippen LogP contribution in [0.4, 0.5) is 0 Å². The molecular formula is C29H50O2. The van der Waals surface area contributed by atoms with Crippen molar-refractivity contribution in [2.45, 2.75) is 130 Å². The quantitative estimate of drug-likeness (QED) is 0.416. The molecule has 3 fully saturated rings. The number of hydrogen-bond acceptors (Lipinski definition) is 2. The van der Waals surface area contributed by atoms with E-state index in [0.29, 0.717) is 10.8 Å². The zero-order chi connectivity index (χ0) is 22.4. The minimum atomic E-state index is -0.481. The Morgan fingerprint density at radius 2 is 1.87 bits per heavy atom. The molecule has 178 valence electrons. The number of rotatable bonds is 7. The Morgan fingerprint density at radius 3 is 2.61 bits per heavy atom. The molecule has 0 saturated heterocycles. The van der Waals surface area contributed by atoms with Crippen LogP contribution in [0, 0.1) is 40.4 Å². The minimum absolute atomic E-state index is 0.101. The molecule has 4 aliphatic carbocycles. The van der Waals surface area contributed by atoms with Crippen LogP contribution < -0.4 is 0 Å². The first-order valence-corrected chi connectivity index (χ1v) is 13.7. The highest BCUT2D eigenvalue weighted by Gasteiger charge is 2.59. The highest BCUT2D eigenvalue weighted by atomic mass is 16.3. The Hall–Kier alpha value is -0.340. The molecule has 2 N–H and O–H groups in total. The second-order valence-electron chi connectivity index (χ2n) is 13.0. The van der Waals surface area contributed by atoms with Crippen molar-refractivity contribution >= 4 is 0 Å². The summed E-state index contributed by atoms with van der Waals surface area (Å²) < 4.78 is 0. The number of unbranched alkanes of at least 4 members (excludes halogenated alkanes) is 1. The third-order valence-electron chi connectivity index (χ3n) is 11.0. The van der Waals surface area contributed by atoms with E-state index in [1.165, 1.54) is 51.4 Å². The smallest absolute Gasteiger partial charge is 0.0619 e. The van der Waals surface area contributed by atoms with Crippen molar-refractivity contribution in [2.75, 3.05) is 0 Å². The molecule has 0 aromatic rings. The van der Waals surface area contributed by atoms with E-state index in [1.54, 1.807) is 5.57 Å². The summed E-state index contributed by atoms with van der Waals surface area (Å²) in [5, 5.41) is 21.1. The van der Waals surface area contributed by atoms with Crippen molar-refractivity contribution < 1.29 is 10.2 Å². The number of hydrogen-bond donors (Lipinski definition) is 2. The Kier molecular flexibility index (Phi) is 6.75. The summed E-state index contributed by atoms with van der Waals surface area (Å²) in [5.74, 6) is 4.11. The van der Waals surface area contributed by atoms with E-state index in [1.807, 2.05) is 0 Å². The molecule has 0 heterocycles. The van der Waals surface area contributed by atoms with Gasteiger partial charge in [-0.15, -0.1) is 0 Å². The fourth-order valence-electron chi connectivity index (χ4n) is 9.04. The molecular weight excluding hydrogens is 380 g/mol. The van der Waals surface area contributed by atoms with E-state index in [4.69, 9.17) is 0 Å². The lowest BCUT2D eigenvalue weighted by Crippen LogP contribution is -2.50. The predicted octanol–water partition coefficient (Wildman–Crippen LogP) is 7.28. The van der Waals surface area contributed by atoms with Crippen LogP contribution in [0.25, 0.3) is 0 Å². The third kappa shape index (κ3) is 4.30. The Labute approximate surface area is 192 Å². The molecule has 4 aliphatic rings. The van der Waals surface area contributed by atoms with Crippen LogP contribution >= 0.6 is 0 Å². The number of aliphatic hydroxyl groups excluding tert-OH is 1. The number of allylic oxidation sites excluding steroid dienone is 1. The van der Waals surface area contributed by atoms with Gasteiger partial charge in [0.2, 0.25) is 0 Å². The summed E-state index contributed by atoms with van der Waals surface area (Å²) in [6.45, 7) is 11.9. The average molecular weight is 431 g/mol. The topological polar surface area (TPSA) is 40.5 Å². The monoisotopic (exact) mass is 430 g/mol. The first-order valence-electron chi connectivity index (χ1n) is 13.7. The maximum atomic E-state index is 10.8. The Bertz CT molecular complexity index is 666. The standard InChI is InChI=1S/C29H50O2/c1-6-7-15-27(3,31)16-12-20(2)24-10-11-25-23-9-8-21-19-22(30)13-17-28(21,4)26(23)14-18-29(24,25)5/h8,20,22-26,30-31H,6-7,9-19H2,1-5H3/t20-,22+,23+,24-,25?,26?,27?,28+,29-/m1/s1. The third-order valence-corrected chi connectivity index (χ3v) is 11.0. The molecule has 0 radical (unpaired) electrons. The zero-order valence-corrected chi connectivity index (χ0v) is 21.1. The lowest BCUT2D eigenvalue weighted by atomic mass is 9.47. The van der Waals surface area contributed by atoms with Crippen molar-refractivity contribution in [3.05, 3.63) is 11.6 Å².